The summed E-state index contributed by atoms with van der Waals surface area (Å²) >= 11 is 0. The largest absolute Gasteiger partial charge is 0.483 e. The second-order valence-corrected chi connectivity index (χ2v) is 9.86. The van der Waals surface area contributed by atoms with Crippen molar-refractivity contribution in [3.05, 3.63) is 29.3 Å². The van der Waals surface area contributed by atoms with Gasteiger partial charge in [0.15, 0.2) is 6.61 Å². The maximum Gasteiger partial charge on any atom is 0.260 e. The number of nitrogens with zero attached hydrogens (tertiary/aromatic N) is 1. The Hall–Kier alpha value is -1.60. The van der Waals surface area contributed by atoms with E-state index in [1.165, 1.54) is 0 Å². The van der Waals surface area contributed by atoms with Gasteiger partial charge in [-0.25, -0.2) is 13.1 Å². The fourth-order valence-corrected chi connectivity index (χ4v) is 3.98. The van der Waals surface area contributed by atoms with Gasteiger partial charge in [0.05, 0.1) is 6.26 Å². The van der Waals surface area contributed by atoms with Crippen LogP contribution in [0.3, 0.4) is 0 Å². The predicted molar refractivity (Wildman–Crippen MR) is 103 cm³/mol. The first-order valence-electron chi connectivity index (χ1n) is 8.95. The molecule has 0 saturated carbocycles. The third-order valence-electron chi connectivity index (χ3n) is 4.52. The molecule has 1 aromatic carbocycles. The number of aryl methyl sites for hydroxylation is 1. The van der Waals surface area contributed by atoms with Crippen LogP contribution in [0.4, 0.5) is 0 Å². The van der Waals surface area contributed by atoms with Gasteiger partial charge in [0.1, 0.15) is 5.75 Å². The average molecular weight is 383 g/mol. The molecule has 0 aromatic heterocycles. The molecule has 1 fully saturated rings. The zero-order chi connectivity index (χ0) is 19.5. The minimum atomic E-state index is -3.21. The lowest BCUT2D eigenvalue weighted by atomic mass is 9.85. The number of hydrogen-bond acceptors (Lipinski definition) is 4. The van der Waals surface area contributed by atoms with Crippen LogP contribution in [0.15, 0.2) is 18.2 Å². The lowest BCUT2D eigenvalue weighted by molar-refractivity contribution is -0.134. The standard InChI is InChI=1S/C19H30N2O4S/c1-14-6-7-17(16(12-14)19(2,3)4)25-13-18(22)21-10-8-15(9-11-21)20-26(5,23)24/h6-7,12,15,20H,8-11,13H2,1-5H3. The van der Waals surface area contributed by atoms with Crippen molar-refractivity contribution in [3.8, 4) is 5.75 Å². The molecule has 2 rings (SSSR count). The number of sulfonamides is 1. The van der Waals surface area contributed by atoms with Crippen LogP contribution >= 0.6 is 0 Å². The summed E-state index contributed by atoms with van der Waals surface area (Å²) in [5, 5.41) is 0. The number of rotatable bonds is 5. The molecule has 1 heterocycles. The molecule has 1 aliphatic heterocycles. The van der Waals surface area contributed by atoms with Crippen LogP contribution in [0, 0.1) is 6.92 Å². The molecule has 1 N–H and O–H groups in total. The van der Waals surface area contributed by atoms with Crippen LogP contribution in [0.2, 0.25) is 0 Å². The minimum Gasteiger partial charge on any atom is -0.483 e. The molecule has 6 nitrogen and oxygen atoms in total. The first-order chi connectivity index (χ1) is 12.0. The Kier molecular flexibility index (Phi) is 6.34. The first kappa shape index (κ1) is 20.7. The molecular formula is C19H30N2O4S. The van der Waals surface area contributed by atoms with E-state index in [9.17, 15) is 13.2 Å². The van der Waals surface area contributed by atoms with Gasteiger partial charge in [-0.3, -0.25) is 4.79 Å². The molecule has 1 saturated heterocycles. The number of carbonyl (C=O) groups is 1. The molecule has 0 atom stereocenters. The van der Waals surface area contributed by atoms with Gasteiger partial charge < -0.3 is 9.64 Å². The monoisotopic (exact) mass is 382 g/mol. The average Bonchev–Trinajstić information content (AvgIpc) is 2.51. The molecule has 0 unspecified atom stereocenters. The van der Waals surface area contributed by atoms with Gasteiger partial charge in [-0.1, -0.05) is 38.5 Å². The number of ether oxygens (including phenoxy) is 1. The molecule has 1 aromatic rings. The Bertz CT molecular complexity index is 745. The fraction of sp³-hybridized carbons (Fsp3) is 0.632. The zero-order valence-corrected chi connectivity index (χ0v) is 17.1. The van der Waals surface area contributed by atoms with Crippen LogP contribution in [-0.2, 0) is 20.2 Å². The molecule has 0 radical (unpaired) electrons. The summed E-state index contributed by atoms with van der Waals surface area (Å²) in [6, 6.07) is 5.91. The van der Waals surface area contributed by atoms with Gasteiger partial charge in [-0.15, -0.1) is 0 Å². The van der Waals surface area contributed by atoms with E-state index in [-0.39, 0.29) is 24.0 Å². The third kappa shape index (κ3) is 5.99. The van der Waals surface area contributed by atoms with Gasteiger partial charge in [-0.2, -0.15) is 0 Å². The van der Waals surface area contributed by atoms with E-state index in [4.69, 9.17) is 4.74 Å². The summed E-state index contributed by atoms with van der Waals surface area (Å²) in [6.45, 7) is 9.47. The van der Waals surface area contributed by atoms with Gasteiger partial charge in [0, 0.05) is 19.1 Å². The molecular weight excluding hydrogens is 352 g/mol. The van der Waals surface area contributed by atoms with Gasteiger partial charge in [0.25, 0.3) is 5.91 Å². The predicted octanol–water partition coefficient (Wildman–Crippen LogP) is 2.21. The van der Waals surface area contributed by atoms with Crippen LogP contribution < -0.4 is 9.46 Å². The highest BCUT2D eigenvalue weighted by Gasteiger charge is 2.25. The molecule has 26 heavy (non-hydrogen) atoms. The number of carbonyl (C=O) groups excluding carboxylic acids is 1. The van der Waals surface area contributed by atoms with Crippen molar-refractivity contribution >= 4 is 15.9 Å². The summed E-state index contributed by atoms with van der Waals surface area (Å²) in [5.41, 5.74) is 2.18. The highest BCUT2D eigenvalue weighted by Crippen LogP contribution is 2.32. The second-order valence-electron chi connectivity index (χ2n) is 8.08. The van der Waals surface area contributed by atoms with Crippen molar-refractivity contribution in [2.24, 2.45) is 0 Å². The van der Waals surface area contributed by atoms with Crippen molar-refractivity contribution in [1.29, 1.82) is 0 Å². The highest BCUT2D eigenvalue weighted by atomic mass is 32.2. The van der Waals surface area contributed by atoms with E-state index >= 15 is 0 Å². The maximum atomic E-state index is 12.5. The highest BCUT2D eigenvalue weighted by molar-refractivity contribution is 7.88. The maximum absolute atomic E-state index is 12.5. The summed E-state index contributed by atoms with van der Waals surface area (Å²) in [5.74, 6) is 0.674. The van der Waals surface area contributed by atoms with Crippen LogP contribution in [0.1, 0.15) is 44.7 Å². The van der Waals surface area contributed by atoms with E-state index < -0.39 is 10.0 Å². The third-order valence-corrected chi connectivity index (χ3v) is 5.28. The molecule has 1 amide bonds. The lowest BCUT2D eigenvalue weighted by Gasteiger charge is -2.32. The van der Waals surface area contributed by atoms with E-state index in [2.05, 4.69) is 31.6 Å². The number of benzene rings is 1. The zero-order valence-electron chi connectivity index (χ0n) is 16.3. The Morgan fingerprint density at radius 1 is 1.27 bits per heavy atom. The number of hydrogen-bond donors (Lipinski definition) is 1. The number of likely N-dealkylation sites (tertiary alicyclic amines) is 1. The molecule has 0 spiro atoms. The smallest absolute Gasteiger partial charge is 0.260 e. The molecule has 1 aliphatic rings. The fourth-order valence-electron chi connectivity index (χ4n) is 3.14. The Morgan fingerprint density at radius 2 is 1.88 bits per heavy atom. The van der Waals surface area contributed by atoms with E-state index in [1.807, 2.05) is 19.1 Å². The quantitative estimate of drug-likeness (QED) is 0.847. The van der Waals surface area contributed by atoms with Crippen LogP contribution in [0.5, 0.6) is 5.75 Å². The number of piperidine rings is 1. The van der Waals surface area contributed by atoms with Crippen molar-refractivity contribution in [3.63, 3.8) is 0 Å². The first-order valence-corrected chi connectivity index (χ1v) is 10.8. The topological polar surface area (TPSA) is 75.7 Å². The van der Waals surface area contributed by atoms with E-state index in [0.717, 1.165) is 23.1 Å². The van der Waals surface area contributed by atoms with Crippen molar-refractivity contribution in [2.75, 3.05) is 26.0 Å². The molecule has 0 aliphatic carbocycles. The van der Waals surface area contributed by atoms with Gasteiger partial charge in [-0.05, 0) is 36.8 Å². The Labute approximate surface area is 157 Å². The summed E-state index contributed by atoms with van der Waals surface area (Å²) in [7, 11) is -3.21. The van der Waals surface area contributed by atoms with Gasteiger partial charge in [0.2, 0.25) is 10.0 Å². The molecule has 7 heteroatoms. The summed E-state index contributed by atoms with van der Waals surface area (Å²) in [6.07, 6.45) is 2.40. The Morgan fingerprint density at radius 3 is 2.42 bits per heavy atom. The SMILES string of the molecule is Cc1ccc(OCC(=O)N2CCC(NS(C)(=O)=O)CC2)c(C(C)(C)C)c1. The second kappa shape index (κ2) is 7.96. The summed E-state index contributed by atoms with van der Waals surface area (Å²) < 4.78 is 31.0. The number of nitrogens with one attached hydrogen (secondary N) is 1. The minimum absolute atomic E-state index is 0.00366. The number of amides is 1. The van der Waals surface area contributed by atoms with Crippen molar-refractivity contribution in [1.82, 2.24) is 9.62 Å². The van der Waals surface area contributed by atoms with Crippen LogP contribution in [-0.4, -0.2) is 51.2 Å². The van der Waals surface area contributed by atoms with Crippen LogP contribution in [0.25, 0.3) is 0 Å². The van der Waals surface area contributed by atoms with E-state index in [1.54, 1.807) is 4.90 Å². The van der Waals surface area contributed by atoms with Gasteiger partial charge >= 0.3 is 0 Å². The van der Waals surface area contributed by atoms with E-state index in [0.29, 0.717) is 25.9 Å². The molecule has 0 bridgehead atoms. The normalized spacial score (nSPS) is 16.6. The summed E-state index contributed by atoms with van der Waals surface area (Å²) in [4.78, 5) is 14.2. The van der Waals surface area contributed by atoms with Crippen molar-refractivity contribution < 1.29 is 17.9 Å². The van der Waals surface area contributed by atoms with Crippen molar-refractivity contribution in [2.45, 2.75) is 52.0 Å². The lowest BCUT2D eigenvalue weighted by Crippen LogP contribution is -2.47. The Balaban J connectivity index is 1.92. The molecule has 146 valence electrons.